The molecule has 0 spiro atoms. The van der Waals surface area contributed by atoms with Crippen LogP contribution in [0.5, 0.6) is 0 Å². The largest absolute Gasteiger partial charge is 0.353 e. The van der Waals surface area contributed by atoms with Crippen LogP contribution in [0.15, 0.2) is 4.79 Å². The van der Waals surface area contributed by atoms with Gasteiger partial charge in [0.2, 0.25) is 0 Å². The Morgan fingerprint density at radius 2 is 2.50 bits per heavy atom. The normalized spacial score (nSPS) is 21.2. The van der Waals surface area contributed by atoms with Gasteiger partial charge in [-0.25, -0.2) is 9.89 Å². The van der Waals surface area contributed by atoms with Gasteiger partial charge in [0.1, 0.15) is 6.61 Å². The highest BCUT2D eigenvalue weighted by molar-refractivity contribution is 4.83. The molecule has 2 heterocycles. The average molecular weight is 227 g/mol. The van der Waals surface area contributed by atoms with E-state index < -0.39 is 0 Å². The molecule has 0 amide bonds. The van der Waals surface area contributed by atoms with Crippen LogP contribution < -0.4 is 5.69 Å². The van der Waals surface area contributed by atoms with Gasteiger partial charge in [-0.1, -0.05) is 0 Å². The van der Waals surface area contributed by atoms with Crippen molar-refractivity contribution in [2.75, 3.05) is 6.61 Å². The van der Waals surface area contributed by atoms with Crippen LogP contribution in [0, 0.1) is 0 Å². The Balaban J connectivity index is 1.90. The van der Waals surface area contributed by atoms with Gasteiger partial charge >= 0.3 is 5.69 Å². The second-order valence-electron chi connectivity index (χ2n) is 3.80. The van der Waals surface area contributed by atoms with E-state index in [2.05, 4.69) is 10.2 Å². The molecule has 6 heteroatoms. The fourth-order valence-electron chi connectivity index (χ4n) is 1.80. The molecule has 1 aromatic heterocycles. The molecule has 0 saturated carbocycles. The van der Waals surface area contributed by atoms with E-state index in [4.69, 9.17) is 9.47 Å². The van der Waals surface area contributed by atoms with E-state index in [9.17, 15) is 4.79 Å². The van der Waals surface area contributed by atoms with Gasteiger partial charge in [-0.3, -0.25) is 4.57 Å². The lowest BCUT2D eigenvalue weighted by Gasteiger charge is -2.22. The quantitative estimate of drug-likeness (QED) is 0.819. The molecule has 0 aromatic carbocycles. The Bertz CT molecular complexity index is 379. The summed E-state index contributed by atoms with van der Waals surface area (Å²) in [5, 5.41) is 6.33. The highest BCUT2D eigenvalue weighted by Gasteiger charge is 2.15. The van der Waals surface area contributed by atoms with Crippen LogP contribution in [-0.2, 0) is 22.6 Å². The number of ether oxygens (including phenoxy) is 2. The van der Waals surface area contributed by atoms with E-state index in [1.807, 2.05) is 6.92 Å². The zero-order chi connectivity index (χ0) is 11.4. The van der Waals surface area contributed by atoms with Crippen molar-refractivity contribution in [1.82, 2.24) is 14.8 Å². The Morgan fingerprint density at radius 3 is 3.19 bits per heavy atom. The zero-order valence-electron chi connectivity index (χ0n) is 9.44. The van der Waals surface area contributed by atoms with Crippen molar-refractivity contribution in [1.29, 1.82) is 0 Å². The molecule has 1 aliphatic rings. The minimum atomic E-state index is -0.189. The second-order valence-corrected chi connectivity index (χ2v) is 3.80. The van der Waals surface area contributed by atoms with E-state index in [1.54, 1.807) is 4.57 Å². The number of aromatic amines is 1. The molecule has 1 unspecified atom stereocenters. The summed E-state index contributed by atoms with van der Waals surface area (Å²) in [6, 6.07) is 0. The van der Waals surface area contributed by atoms with Gasteiger partial charge in [0, 0.05) is 13.2 Å². The average Bonchev–Trinajstić information content (AvgIpc) is 2.68. The smallest absolute Gasteiger partial charge is 0.343 e. The van der Waals surface area contributed by atoms with Crippen LogP contribution >= 0.6 is 0 Å². The predicted molar refractivity (Wildman–Crippen MR) is 56.9 cm³/mol. The van der Waals surface area contributed by atoms with Gasteiger partial charge in [0.15, 0.2) is 12.1 Å². The molecule has 1 aliphatic heterocycles. The van der Waals surface area contributed by atoms with Crippen LogP contribution in [0.4, 0.5) is 0 Å². The summed E-state index contributed by atoms with van der Waals surface area (Å²) in [5.41, 5.74) is -0.189. The lowest BCUT2D eigenvalue weighted by Crippen LogP contribution is -2.24. The summed E-state index contributed by atoms with van der Waals surface area (Å²) < 4.78 is 12.6. The molecule has 6 nitrogen and oxygen atoms in total. The summed E-state index contributed by atoms with van der Waals surface area (Å²) in [7, 11) is 0. The number of H-pyrrole nitrogens is 1. The Labute approximate surface area is 93.6 Å². The number of rotatable bonds is 4. The summed E-state index contributed by atoms with van der Waals surface area (Å²) in [5.74, 6) is 0.627. The molecule has 1 atom stereocenters. The maximum Gasteiger partial charge on any atom is 0.343 e. The monoisotopic (exact) mass is 227 g/mol. The Morgan fingerprint density at radius 1 is 1.62 bits per heavy atom. The van der Waals surface area contributed by atoms with Gasteiger partial charge < -0.3 is 9.47 Å². The van der Waals surface area contributed by atoms with E-state index in [0.29, 0.717) is 19.0 Å². The number of nitrogens with one attached hydrogen (secondary N) is 1. The van der Waals surface area contributed by atoms with Crippen molar-refractivity contribution in [2.24, 2.45) is 0 Å². The van der Waals surface area contributed by atoms with Crippen LogP contribution in [0.3, 0.4) is 0 Å². The van der Waals surface area contributed by atoms with Gasteiger partial charge in [0.25, 0.3) is 0 Å². The summed E-state index contributed by atoms with van der Waals surface area (Å²) in [6.07, 6.45) is 3.00. The maximum absolute atomic E-state index is 11.3. The topological polar surface area (TPSA) is 69.1 Å². The third-order valence-corrected chi connectivity index (χ3v) is 2.69. The highest BCUT2D eigenvalue weighted by Crippen LogP contribution is 2.14. The molecule has 0 bridgehead atoms. The first kappa shape index (κ1) is 11.3. The minimum Gasteiger partial charge on any atom is -0.353 e. The maximum atomic E-state index is 11.3. The van der Waals surface area contributed by atoms with Crippen LogP contribution in [0.2, 0.25) is 0 Å². The van der Waals surface area contributed by atoms with Crippen molar-refractivity contribution in [2.45, 2.75) is 45.6 Å². The number of hydrogen-bond donors (Lipinski definition) is 1. The van der Waals surface area contributed by atoms with Gasteiger partial charge in [-0.05, 0) is 26.2 Å². The van der Waals surface area contributed by atoms with E-state index in [-0.39, 0.29) is 12.0 Å². The number of aromatic nitrogens is 3. The Kier molecular flexibility index (Phi) is 3.74. The van der Waals surface area contributed by atoms with Gasteiger partial charge in [0.05, 0.1) is 0 Å². The van der Waals surface area contributed by atoms with Crippen LogP contribution in [0.25, 0.3) is 0 Å². The summed E-state index contributed by atoms with van der Waals surface area (Å²) in [4.78, 5) is 11.3. The SMILES string of the molecule is CCn1c(COC2CCCCO2)n[nH]c1=O. The predicted octanol–water partition coefficient (Wildman–Crippen LogP) is 0.634. The molecule has 1 N–H and O–H groups in total. The third-order valence-electron chi connectivity index (χ3n) is 2.69. The Hall–Kier alpha value is -1.14. The molecular formula is C10H17N3O3. The standard InChI is InChI=1S/C10H17N3O3/c1-2-13-8(11-12-10(13)14)7-16-9-5-3-4-6-15-9/h9H,2-7H2,1H3,(H,12,14). The van der Waals surface area contributed by atoms with E-state index in [0.717, 1.165) is 25.9 Å². The second kappa shape index (κ2) is 5.27. The lowest BCUT2D eigenvalue weighted by molar-refractivity contribution is -0.170. The fraction of sp³-hybridized carbons (Fsp3) is 0.800. The van der Waals surface area contributed by atoms with Gasteiger partial charge in [-0.2, -0.15) is 5.10 Å². The lowest BCUT2D eigenvalue weighted by atomic mass is 10.2. The zero-order valence-corrected chi connectivity index (χ0v) is 9.44. The number of hydrogen-bond acceptors (Lipinski definition) is 4. The molecule has 1 fully saturated rings. The van der Waals surface area contributed by atoms with E-state index >= 15 is 0 Å². The van der Waals surface area contributed by atoms with Crippen molar-refractivity contribution >= 4 is 0 Å². The minimum absolute atomic E-state index is 0.147. The van der Waals surface area contributed by atoms with Crippen LogP contribution in [-0.4, -0.2) is 27.7 Å². The molecule has 1 saturated heterocycles. The summed E-state index contributed by atoms with van der Waals surface area (Å²) >= 11 is 0. The fourth-order valence-corrected chi connectivity index (χ4v) is 1.80. The molecule has 1 aromatic rings. The van der Waals surface area contributed by atoms with Crippen molar-refractivity contribution in [3.8, 4) is 0 Å². The molecule has 0 aliphatic carbocycles. The van der Waals surface area contributed by atoms with Crippen molar-refractivity contribution in [3.63, 3.8) is 0 Å². The molecule has 0 radical (unpaired) electrons. The van der Waals surface area contributed by atoms with Crippen molar-refractivity contribution < 1.29 is 9.47 Å². The first-order valence-electron chi connectivity index (χ1n) is 5.68. The van der Waals surface area contributed by atoms with E-state index in [1.165, 1.54) is 0 Å². The molecular weight excluding hydrogens is 210 g/mol. The highest BCUT2D eigenvalue weighted by atomic mass is 16.7. The summed E-state index contributed by atoms with van der Waals surface area (Å²) in [6.45, 7) is 3.57. The molecule has 16 heavy (non-hydrogen) atoms. The molecule has 90 valence electrons. The van der Waals surface area contributed by atoms with Crippen LogP contribution in [0.1, 0.15) is 32.0 Å². The first-order valence-corrected chi connectivity index (χ1v) is 5.68. The van der Waals surface area contributed by atoms with Crippen molar-refractivity contribution in [3.05, 3.63) is 16.3 Å². The molecule has 2 rings (SSSR count). The first-order chi connectivity index (χ1) is 7.81. The number of nitrogens with zero attached hydrogens (tertiary/aromatic N) is 2. The third kappa shape index (κ3) is 2.51. The van der Waals surface area contributed by atoms with Gasteiger partial charge in [-0.15, -0.1) is 0 Å².